The molecule has 1 aliphatic rings. The summed E-state index contributed by atoms with van der Waals surface area (Å²) in [6.07, 6.45) is 9.16. The summed E-state index contributed by atoms with van der Waals surface area (Å²) >= 11 is 1.74. The largest absolute Gasteiger partial charge is 0.313 e. The van der Waals surface area contributed by atoms with Gasteiger partial charge in [-0.2, -0.15) is 0 Å². The van der Waals surface area contributed by atoms with Crippen molar-refractivity contribution < 1.29 is 0 Å². The van der Waals surface area contributed by atoms with E-state index in [-0.39, 0.29) is 4.87 Å². The van der Waals surface area contributed by atoms with Crippen molar-refractivity contribution in [1.29, 1.82) is 0 Å². The van der Waals surface area contributed by atoms with Crippen LogP contribution in [0.3, 0.4) is 0 Å². The molecule has 3 rings (SSSR count). The summed E-state index contributed by atoms with van der Waals surface area (Å²) in [5, 5.41) is 2.54. The van der Waals surface area contributed by atoms with Gasteiger partial charge in [0.25, 0.3) is 0 Å². The third-order valence-corrected chi connectivity index (χ3v) is 4.37. The maximum Gasteiger partial charge on any atom is 0.0891 e. The van der Waals surface area contributed by atoms with Gasteiger partial charge in [0.2, 0.25) is 0 Å². The Labute approximate surface area is 111 Å². The first kappa shape index (κ1) is 11.6. The highest BCUT2D eigenvalue weighted by atomic mass is 32.2. The first-order chi connectivity index (χ1) is 8.77. The third-order valence-electron chi connectivity index (χ3n) is 3.11. The number of allylic oxidation sites excluding steroid dienone is 2. The molecular formula is C16H15NS. The van der Waals surface area contributed by atoms with Gasteiger partial charge < -0.3 is 5.73 Å². The summed E-state index contributed by atoms with van der Waals surface area (Å²) in [7, 11) is 0. The quantitative estimate of drug-likeness (QED) is 0.815. The number of thioether (sulfide) groups is 1. The Hall–Kier alpha value is -1.51. The fraction of sp³-hybridized carbons (Fsp3) is 0.125. The van der Waals surface area contributed by atoms with Crippen LogP contribution in [0.1, 0.15) is 6.42 Å². The molecule has 0 saturated carbocycles. The van der Waals surface area contributed by atoms with Gasteiger partial charge in [0.15, 0.2) is 0 Å². The molecule has 18 heavy (non-hydrogen) atoms. The monoisotopic (exact) mass is 253 g/mol. The molecular weight excluding hydrogens is 238 g/mol. The molecule has 0 spiro atoms. The number of fused-ring (bicyclic) bond motifs is 1. The number of rotatable bonds is 2. The van der Waals surface area contributed by atoms with E-state index in [1.54, 1.807) is 11.8 Å². The molecule has 1 unspecified atom stereocenters. The van der Waals surface area contributed by atoms with Crippen LogP contribution in [-0.2, 0) is 0 Å². The SMILES string of the molecule is NC1(Sc2cccc3ccccc23)C=CC=CC1. The highest BCUT2D eigenvalue weighted by molar-refractivity contribution is 8.01. The fourth-order valence-electron chi connectivity index (χ4n) is 2.18. The van der Waals surface area contributed by atoms with Gasteiger partial charge in [-0.3, -0.25) is 0 Å². The van der Waals surface area contributed by atoms with E-state index in [1.165, 1.54) is 15.7 Å². The van der Waals surface area contributed by atoms with Crippen molar-refractivity contribution in [3.05, 3.63) is 66.8 Å². The summed E-state index contributed by atoms with van der Waals surface area (Å²) < 4.78 is 0. The Morgan fingerprint density at radius 1 is 1.00 bits per heavy atom. The lowest BCUT2D eigenvalue weighted by molar-refractivity contribution is 0.757. The molecule has 2 aromatic carbocycles. The predicted octanol–water partition coefficient (Wildman–Crippen LogP) is 4.10. The molecule has 2 N–H and O–H groups in total. The summed E-state index contributed by atoms with van der Waals surface area (Å²) in [6, 6.07) is 14.8. The third kappa shape index (κ3) is 2.22. The van der Waals surface area contributed by atoms with Crippen molar-refractivity contribution in [3.63, 3.8) is 0 Å². The van der Waals surface area contributed by atoms with E-state index in [0.29, 0.717) is 0 Å². The van der Waals surface area contributed by atoms with Crippen LogP contribution in [-0.4, -0.2) is 4.87 Å². The molecule has 0 radical (unpaired) electrons. The van der Waals surface area contributed by atoms with Crippen molar-refractivity contribution in [2.45, 2.75) is 16.2 Å². The highest BCUT2D eigenvalue weighted by Gasteiger charge is 2.23. The number of benzene rings is 2. The van der Waals surface area contributed by atoms with Crippen molar-refractivity contribution in [2.24, 2.45) is 5.73 Å². The van der Waals surface area contributed by atoms with Crippen molar-refractivity contribution in [1.82, 2.24) is 0 Å². The summed E-state index contributed by atoms with van der Waals surface area (Å²) in [6.45, 7) is 0. The number of nitrogens with two attached hydrogens (primary N) is 1. The van der Waals surface area contributed by atoms with Crippen LogP contribution in [0.15, 0.2) is 71.7 Å². The van der Waals surface area contributed by atoms with Gasteiger partial charge in [-0.05, 0) is 23.3 Å². The van der Waals surface area contributed by atoms with Gasteiger partial charge in [-0.1, -0.05) is 72.5 Å². The Morgan fingerprint density at radius 2 is 1.83 bits per heavy atom. The number of hydrogen-bond acceptors (Lipinski definition) is 2. The number of hydrogen-bond donors (Lipinski definition) is 1. The van der Waals surface area contributed by atoms with Crippen molar-refractivity contribution in [2.75, 3.05) is 0 Å². The maximum atomic E-state index is 6.41. The first-order valence-corrected chi connectivity index (χ1v) is 6.89. The van der Waals surface area contributed by atoms with Crippen LogP contribution < -0.4 is 5.73 Å². The van der Waals surface area contributed by atoms with Gasteiger partial charge >= 0.3 is 0 Å². The minimum absolute atomic E-state index is 0.321. The minimum Gasteiger partial charge on any atom is -0.313 e. The first-order valence-electron chi connectivity index (χ1n) is 6.07. The van der Waals surface area contributed by atoms with Gasteiger partial charge in [0, 0.05) is 4.90 Å². The highest BCUT2D eigenvalue weighted by Crippen LogP contribution is 2.38. The zero-order chi connectivity index (χ0) is 12.4. The van der Waals surface area contributed by atoms with Crippen LogP contribution in [0.2, 0.25) is 0 Å². The second kappa shape index (κ2) is 4.63. The molecule has 1 nitrogen and oxygen atoms in total. The van der Waals surface area contributed by atoms with Crippen LogP contribution in [0.4, 0.5) is 0 Å². The topological polar surface area (TPSA) is 26.0 Å². The summed E-state index contributed by atoms with van der Waals surface area (Å²) in [5.41, 5.74) is 6.41. The standard InChI is InChI=1S/C16H15NS/c17-16(11-4-1-5-12-16)18-15-10-6-8-13-7-2-3-9-14(13)15/h1-11H,12,17H2. The van der Waals surface area contributed by atoms with Gasteiger partial charge in [0.05, 0.1) is 4.87 Å². The van der Waals surface area contributed by atoms with Crippen molar-refractivity contribution in [3.8, 4) is 0 Å². The van der Waals surface area contributed by atoms with E-state index < -0.39 is 0 Å². The predicted molar refractivity (Wildman–Crippen MR) is 79.6 cm³/mol. The van der Waals surface area contributed by atoms with E-state index in [9.17, 15) is 0 Å². The second-order valence-electron chi connectivity index (χ2n) is 4.53. The Kier molecular flexibility index (Phi) is 2.98. The molecule has 1 atom stereocenters. The summed E-state index contributed by atoms with van der Waals surface area (Å²) in [5.74, 6) is 0. The van der Waals surface area contributed by atoms with Crippen LogP contribution in [0, 0.1) is 0 Å². The molecule has 0 aliphatic heterocycles. The van der Waals surface area contributed by atoms with Gasteiger partial charge in [-0.15, -0.1) is 0 Å². The molecule has 0 amide bonds. The molecule has 0 saturated heterocycles. The molecule has 0 heterocycles. The van der Waals surface area contributed by atoms with E-state index in [1.807, 2.05) is 6.08 Å². The molecule has 0 fully saturated rings. The second-order valence-corrected chi connectivity index (χ2v) is 5.93. The molecule has 1 aliphatic carbocycles. The Balaban J connectivity index is 2.00. The minimum atomic E-state index is -0.321. The van der Waals surface area contributed by atoms with Gasteiger partial charge in [0.1, 0.15) is 0 Å². The lowest BCUT2D eigenvalue weighted by Gasteiger charge is -2.26. The van der Waals surface area contributed by atoms with Crippen LogP contribution in [0.25, 0.3) is 10.8 Å². The maximum absolute atomic E-state index is 6.41. The van der Waals surface area contributed by atoms with E-state index in [2.05, 4.69) is 60.7 Å². The summed E-state index contributed by atoms with van der Waals surface area (Å²) in [4.78, 5) is 0.925. The Bertz CT molecular complexity index is 625. The molecule has 2 heteroatoms. The molecule has 2 aromatic rings. The lowest BCUT2D eigenvalue weighted by atomic mass is 10.1. The van der Waals surface area contributed by atoms with E-state index >= 15 is 0 Å². The van der Waals surface area contributed by atoms with Gasteiger partial charge in [-0.25, -0.2) is 0 Å². The van der Waals surface area contributed by atoms with E-state index in [0.717, 1.165) is 6.42 Å². The average Bonchev–Trinajstić information content (AvgIpc) is 2.40. The Morgan fingerprint density at radius 3 is 2.67 bits per heavy atom. The molecule has 90 valence electrons. The lowest BCUT2D eigenvalue weighted by Crippen LogP contribution is -2.33. The zero-order valence-electron chi connectivity index (χ0n) is 10.0. The molecule has 0 bridgehead atoms. The van der Waals surface area contributed by atoms with Crippen LogP contribution in [0.5, 0.6) is 0 Å². The van der Waals surface area contributed by atoms with E-state index in [4.69, 9.17) is 5.73 Å². The van der Waals surface area contributed by atoms with Crippen LogP contribution >= 0.6 is 11.8 Å². The normalized spacial score (nSPS) is 22.5. The van der Waals surface area contributed by atoms with Crippen molar-refractivity contribution >= 4 is 22.5 Å². The fourth-order valence-corrected chi connectivity index (χ4v) is 3.36. The average molecular weight is 253 g/mol. The smallest absolute Gasteiger partial charge is 0.0891 e. The zero-order valence-corrected chi connectivity index (χ0v) is 10.9. The molecule has 0 aromatic heterocycles.